The topological polar surface area (TPSA) is 73.1 Å². The van der Waals surface area contributed by atoms with E-state index < -0.39 is 33.4 Å². The monoisotopic (exact) mass is 250 g/mol. The first-order chi connectivity index (χ1) is 7.36. The Balaban J connectivity index is 3.63. The van der Waals surface area contributed by atoms with Crippen LogP contribution in [-0.4, -0.2) is 15.1 Å². The second kappa shape index (κ2) is 4.48. The summed E-state index contributed by atoms with van der Waals surface area (Å²) in [5, 5.41) is 9.44. The summed E-state index contributed by atoms with van der Waals surface area (Å²) in [6, 6.07) is 0. The Bertz CT molecular complexity index is 465. The van der Waals surface area contributed by atoms with Crippen LogP contribution in [0.15, 0.2) is 6.20 Å². The van der Waals surface area contributed by atoms with Crippen LogP contribution in [0.1, 0.15) is 28.0 Å². The lowest BCUT2D eigenvalue weighted by molar-refractivity contribution is -0.386. The van der Waals surface area contributed by atoms with E-state index in [1.165, 1.54) is 6.92 Å². The van der Waals surface area contributed by atoms with Crippen LogP contribution >= 0.6 is 11.6 Å². The first-order valence-corrected chi connectivity index (χ1v) is 4.36. The maximum Gasteiger partial charge on any atom is 0.293 e. The van der Waals surface area contributed by atoms with E-state index >= 15 is 0 Å². The Morgan fingerprint density at radius 3 is 2.56 bits per heavy atom. The molecule has 0 aliphatic heterocycles. The maximum atomic E-state index is 12.6. The van der Waals surface area contributed by atoms with Crippen molar-refractivity contribution in [3.63, 3.8) is 0 Å². The molecule has 0 aromatic carbocycles. The molecule has 0 aliphatic rings. The molecule has 1 heterocycles. The average molecular weight is 251 g/mol. The van der Waals surface area contributed by atoms with E-state index in [-0.39, 0.29) is 5.69 Å². The predicted octanol–water partition coefficient (Wildman–Crippen LogP) is 2.61. The van der Waals surface area contributed by atoms with Crippen molar-refractivity contribution >= 4 is 22.5 Å². The van der Waals surface area contributed by atoms with Crippen molar-refractivity contribution < 1.29 is 18.5 Å². The number of alkyl halides is 2. The highest BCUT2D eigenvalue weighted by molar-refractivity contribution is 6.68. The first kappa shape index (κ1) is 12.4. The highest BCUT2D eigenvalue weighted by Gasteiger charge is 2.31. The Morgan fingerprint density at radius 1 is 1.62 bits per heavy atom. The van der Waals surface area contributed by atoms with Crippen LogP contribution in [-0.2, 0) is 0 Å². The Labute approximate surface area is 93.2 Å². The van der Waals surface area contributed by atoms with E-state index in [9.17, 15) is 23.7 Å². The summed E-state index contributed by atoms with van der Waals surface area (Å²) in [5.41, 5.74) is -2.70. The van der Waals surface area contributed by atoms with Crippen LogP contribution in [0, 0.1) is 17.0 Å². The minimum absolute atomic E-state index is 0.205. The molecule has 0 N–H and O–H groups in total. The van der Waals surface area contributed by atoms with Gasteiger partial charge in [-0.2, -0.15) is 0 Å². The van der Waals surface area contributed by atoms with Gasteiger partial charge in [0.05, 0.1) is 10.6 Å². The van der Waals surface area contributed by atoms with Gasteiger partial charge in [0.15, 0.2) is 0 Å². The molecule has 1 aromatic rings. The molecule has 5 nitrogen and oxygen atoms in total. The number of carbonyl (C=O) groups excluding carboxylic acids is 1. The zero-order valence-electron chi connectivity index (χ0n) is 7.91. The molecular formula is C8H5ClF2N2O3. The van der Waals surface area contributed by atoms with Gasteiger partial charge in [-0.3, -0.25) is 19.9 Å². The zero-order chi connectivity index (χ0) is 12.5. The van der Waals surface area contributed by atoms with E-state index in [0.29, 0.717) is 0 Å². The molecule has 0 fully saturated rings. The van der Waals surface area contributed by atoms with Gasteiger partial charge < -0.3 is 0 Å². The maximum absolute atomic E-state index is 12.6. The molecule has 0 aliphatic carbocycles. The molecule has 0 unspecified atom stereocenters. The van der Waals surface area contributed by atoms with E-state index in [1.54, 1.807) is 0 Å². The van der Waals surface area contributed by atoms with E-state index in [2.05, 4.69) is 4.98 Å². The minimum atomic E-state index is -3.09. The number of hydrogen-bond donors (Lipinski definition) is 0. The van der Waals surface area contributed by atoms with Crippen molar-refractivity contribution in [2.24, 2.45) is 0 Å². The lowest BCUT2D eigenvalue weighted by Gasteiger charge is -2.06. The zero-order valence-corrected chi connectivity index (χ0v) is 8.66. The second-order valence-electron chi connectivity index (χ2n) is 2.85. The molecule has 16 heavy (non-hydrogen) atoms. The summed E-state index contributed by atoms with van der Waals surface area (Å²) >= 11 is 5.05. The second-order valence-corrected chi connectivity index (χ2v) is 3.19. The Hall–Kier alpha value is -1.63. The van der Waals surface area contributed by atoms with Gasteiger partial charge in [-0.1, -0.05) is 0 Å². The fourth-order valence-corrected chi connectivity index (χ4v) is 1.35. The van der Waals surface area contributed by atoms with Crippen LogP contribution in [0.2, 0.25) is 0 Å². The third kappa shape index (κ3) is 2.13. The number of pyridine rings is 1. The highest BCUT2D eigenvalue weighted by atomic mass is 35.5. The number of carbonyl (C=O) groups is 1. The van der Waals surface area contributed by atoms with Crippen molar-refractivity contribution in [1.82, 2.24) is 4.98 Å². The van der Waals surface area contributed by atoms with Gasteiger partial charge in [0.25, 0.3) is 17.4 Å². The van der Waals surface area contributed by atoms with Crippen LogP contribution in [0.4, 0.5) is 14.5 Å². The lowest BCUT2D eigenvalue weighted by Crippen LogP contribution is -2.07. The number of rotatable bonds is 3. The molecule has 1 rings (SSSR count). The first-order valence-electron chi connectivity index (χ1n) is 3.98. The molecule has 8 heteroatoms. The van der Waals surface area contributed by atoms with Crippen LogP contribution in [0.25, 0.3) is 0 Å². The van der Waals surface area contributed by atoms with Crippen molar-refractivity contribution in [3.8, 4) is 0 Å². The normalized spacial score (nSPS) is 10.6. The Kier molecular flexibility index (Phi) is 3.48. The summed E-state index contributed by atoms with van der Waals surface area (Å²) in [6.07, 6.45) is -2.28. The predicted molar refractivity (Wildman–Crippen MR) is 50.8 cm³/mol. The van der Waals surface area contributed by atoms with Gasteiger partial charge in [0.1, 0.15) is 11.1 Å². The molecule has 0 saturated heterocycles. The van der Waals surface area contributed by atoms with Crippen molar-refractivity contribution in [2.45, 2.75) is 13.3 Å². The third-order valence-corrected chi connectivity index (χ3v) is 2.10. The number of aromatic nitrogens is 1. The summed E-state index contributed by atoms with van der Waals surface area (Å²) in [5.74, 6) is 0. The highest BCUT2D eigenvalue weighted by Crippen LogP contribution is 2.34. The van der Waals surface area contributed by atoms with Gasteiger partial charge in [-0.05, 0) is 18.5 Å². The average Bonchev–Trinajstić information content (AvgIpc) is 2.15. The van der Waals surface area contributed by atoms with Gasteiger partial charge in [0.2, 0.25) is 0 Å². The van der Waals surface area contributed by atoms with Crippen molar-refractivity contribution in [2.75, 3.05) is 0 Å². The summed E-state index contributed by atoms with van der Waals surface area (Å²) < 4.78 is 25.2. The quantitative estimate of drug-likeness (QED) is 0.469. The van der Waals surface area contributed by atoms with Crippen molar-refractivity contribution in [1.29, 1.82) is 0 Å². The molecule has 0 bridgehead atoms. The minimum Gasteiger partial charge on any atom is -0.275 e. The summed E-state index contributed by atoms with van der Waals surface area (Å²) in [6.45, 7) is 1.19. The summed E-state index contributed by atoms with van der Waals surface area (Å²) in [7, 11) is 0. The molecular weight excluding hydrogens is 246 g/mol. The standard InChI is InChI=1S/C8H5ClF2N2O3/c1-3-5(8(10)11)6(13(15)16)4(2-12-3)7(9)14/h2,8H,1H3. The van der Waals surface area contributed by atoms with Crippen LogP contribution in [0.5, 0.6) is 0 Å². The van der Waals surface area contributed by atoms with Crippen LogP contribution < -0.4 is 0 Å². The van der Waals surface area contributed by atoms with E-state index in [0.717, 1.165) is 6.20 Å². The number of halogens is 3. The molecule has 0 radical (unpaired) electrons. The molecule has 86 valence electrons. The van der Waals surface area contributed by atoms with Gasteiger partial charge in [0, 0.05) is 6.20 Å². The molecule has 0 spiro atoms. The van der Waals surface area contributed by atoms with Gasteiger partial charge in [-0.25, -0.2) is 8.78 Å². The van der Waals surface area contributed by atoms with E-state index in [4.69, 9.17) is 11.6 Å². The summed E-state index contributed by atoms with van der Waals surface area (Å²) in [4.78, 5) is 23.9. The van der Waals surface area contributed by atoms with Crippen molar-refractivity contribution in [3.05, 3.63) is 33.1 Å². The number of nitro groups is 1. The molecule has 0 saturated carbocycles. The lowest BCUT2D eigenvalue weighted by atomic mass is 10.1. The number of hydrogen-bond acceptors (Lipinski definition) is 4. The SMILES string of the molecule is Cc1ncc(C(=O)Cl)c([N+](=O)[O-])c1C(F)F. The molecule has 1 aromatic heterocycles. The van der Waals surface area contributed by atoms with Gasteiger partial charge >= 0.3 is 0 Å². The number of nitrogens with zero attached hydrogens (tertiary/aromatic N) is 2. The third-order valence-electron chi connectivity index (χ3n) is 1.90. The fourth-order valence-electron chi connectivity index (χ4n) is 1.21. The number of aryl methyl sites for hydroxylation is 1. The fraction of sp³-hybridized carbons (Fsp3) is 0.250. The Morgan fingerprint density at radius 2 is 2.19 bits per heavy atom. The van der Waals surface area contributed by atoms with Gasteiger partial charge in [-0.15, -0.1) is 0 Å². The largest absolute Gasteiger partial charge is 0.293 e. The molecule has 0 atom stereocenters. The molecule has 0 amide bonds. The van der Waals surface area contributed by atoms with Crippen LogP contribution in [0.3, 0.4) is 0 Å². The smallest absolute Gasteiger partial charge is 0.275 e. The van der Waals surface area contributed by atoms with E-state index in [1.807, 2.05) is 0 Å².